The molecule has 0 radical (unpaired) electrons. The molecule has 0 saturated heterocycles. The van der Waals surface area contributed by atoms with E-state index in [1.54, 1.807) is 0 Å². The normalized spacial score (nSPS) is 10.7. The number of hydrogen-bond donors (Lipinski definition) is 0. The summed E-state index contributed by atoms with van der Waals surface area (Å²) >= 11 is 5.23. The molecule has 2 heterocycles. The molecule has 4 heteroatoms. The van der Waals surface area contributed by atoms with Gasteiger partial charge in [0.25, 0.3) is 0 Å². The van der Waals surface area contributed by atoms with Crippen molar-refractivity contribution in [2.45, 2.75) is 18.8 Å². The number of thiophene rings is 1. The monoisotopic (exact) mass is 270 g/mol. The molecule has 0 aliphatic carbocycles. The first-order valence-electron chi connectivity index (χ1n) is 4.40. The van der Waals surface area contributed by atoms with Gasteiger partial charge in [0.2, 0.25) is 0 Å². The van der Waals surface area contributed by atoms with Crippen LogP contribution in [0.15, 0.2) is 24.7 Å². The highest BCUT2D eigenvalue weighted by Gasteiger charge is 2.00. The minimum Gasteiger partial charge on any atom is -0.332 e. The summed E-state index contributed by atoms with van der Waals surface area (Å²) in [7, 11) is 0. The number of aromatic nitrogens is 2. The second kappa shape index (κ2) is 4.28. The quantitative estimate of drug-likeness (QED) is 0.784. The van der Waals surface area contributed by atoms with E-state index in [9.17, 15) is 0 Å². The van der Waals surface area contributed by atoms with Crippen LogP contribution in [0.25, 0.3) is 0 Å². The molecule has 14 heavy (non-hydrogen) atoms. The lowest BCUT2D eigenvalue weighted by Gasteiger charge is -1.97. The van der Waals surface area contributed by atoms with Gasteiger partial charge in [-0.2, -0.15) is 0 Å². The van der Waals surface area contributed by atoms with Crippen molar-refractivity contribution >= 4 is 27.3 Å². The Hall–Kier alpha value is -0.610. The number of alkyl halides is 1. The van der Waals surface area contributed by atoms with E-state index in [0.717, 1.165) is 17.6 Å². The molecular weight excluding hydrogens is 260 g/mol. The lowest BCUT2D eigenvalue weighted by molar-refractivity contribution is 0.809. The van der Waals surface area contributed by atoms with Crippen LogP contribution < -0.4 is 0 Å². The van der Waals surface area contributed by atoms with Crippen molar-refractivity contribution < 1.29 is 0 Å². The standard InChI is InChI=1S/C10H11BrN2S/c1-8-2-3-10(14-8)6-13-5-9(4-11)12-7-13/h2-3,5,7H,4,6H2,1H3. The summed E-state index contributed by atoms with van der Waals surface area (Å²) in [5.74, 6) is 0. The van der Waals surface area contributed by atoms with E-state index in [1.165, 1.54) is 9.75 Å². The predicted octanol–water partition coefficient (Wildman–Crippen LogP) is 3.20. The molecule has 0 unspecified atom stereocenters. The zero-order valence-corrected chi connectivity index (χ0v) is 10.3. The minimum atomic E-state index is 0.823. The number of halogens is 1. The van der Waals surface area contributed by atoms with Gasteiger partial charge < -0.3 is 4.57 Å². The van der Waals surface area contributed by atoms with Gasteiger partial charge in [0.15, 0.2) is 0 Å². The smallest absolute Gasteiger partial charge is 0.0953 e. The van der Waals surface area contributed by atoms with Gasteiger partial charge in [-0.25, -0.2) is 4.98 Å². The van der Waals surface area contributed by atoms with Crippen LogP contribution in [0.4, 0.5) is 0 Å². The van der Waals surface area contributed by atoms with E-state index < -0.39 is 0 Å². The molecule has 0 aromatic carbocycles. The minimum absolute atomic E-state index is 0.823. The number of aryl methyl sites for hydroxylation is 1. The Balaban J connectivity index is 2.10. The topological polar surface area (TPSA) is 17.8 Å². The summed E-state index contributed by atoms with van der Waals surface area (Å²) < 4.78 is 2.11. The summed E-state index contributed by atoms with van der Waals surface area (Å²) in [6.07, 6.45) is 3.95. The van der Waals surface area contributed by atoms with Gasteiger partial charge in [0, 0.05) is 21.3 Å². The molecule has 74 valence electrons. The average Bonchev–Trinajstić information content (AvgIpc) is 2.76. The van der Waals surface area contributed by atoms with Crippen LogP contribution in [-0.4, -0.2) is 9.55 Å². The number of hydrogen-bond acceptors (Lipinski definition) is 2. The fourth-order valence-corrected chi connectivity index (χ4v) is 2.50. The Morgan fingerprint density at radius 2 is 2.36 bits per heavy atom. The molecule has 0 atom stereocenters. The van der Waals surface area contributed by atoms with E-state index >= 15 is 0 Å². The molecule has 2 aromatic rings. The molecule has 0 N–H and O–H groups in total. The maximum absolute atomic E-state index is 4.26. The van der Waals surface area contributed by atoms with Crippen LogP contribution in [-0.2, 0) is 11.9 Å². The first-order valence-corrected chi connectivity index (χ1v) is 6.33. The van der Waals surface area contributed by atoms with Crippen LogP contribution in [0.3, 0.4) is 0 Å². The molecule has 0 bridgehead atoms. The molecule has 0 fully saturated rings. The Morgan fingerprint density at radius 3 is 2.93 bits per heavy atom. The van der Waals surface area contributed by atoms with Crippen LogP contribution >= 0.6 is 27.3 Å². The lowest BCUT2D eigenvalue weighted by atomic mass is 10.4. The van der Waals surface area contributed by atoms with Crippen molar-refractivity contribution in [3.63, 3.8) is 0 Å². The largest absolute Gasteiger partial charge is 0.332 e. The van der Waals surface area contributed by atoms with E-state index in [1.807, 2.05) is 17.7 Å². The van der Waals surface area contributed by atoms with Crippen molar-refractivity contribution in [3.05, 3.63) is 40.1 Å². The highest BCUT2D eigenvalue weighted by molar-refractivity contribution is 9.08. The van der Waals surface area contributed by atoms with E-state index in [0.29, 0.717) is 0 Å². The molecule has 2 nitrogen and oxygen atoms in total. The first-order chi connectivity index (χ1) is 6.78. The fraction of sp³-hybridized carbons (Fsp3) is 0.300. The zero-order chi connectivity index (χ0) is 9.97. The highest BCUT2D eigenvalue weighted by Crippen LogP contribution is 2.16. The maximum Gasteiger partial charge on any atom is 0.0953 e. The van der Waals surface area contributed by atoms with Gasteiger partial charge in [-0.05, 0) is 19.1 Å². The third kappa shape index (κ3) is 2.25. The number of rotatable bonds is 3. The summed E-state index contributed by atoms with van der Waals surface area (Å²) in [4.78, 5) is 7.00. The summed E-state index contributed by atoms with van der Waals surface area (Å²) in [5, 5.41) is 0.823. The van der Waals surface area contributed by atoms with Crippen LogP contribution in [0.1, 0.15) is 15.4 Å². The van der Waals surface area contributed by atoms with Crippen molar-refractivity contribution in [2.75, 3.05) is 0 Å². The van der Waals surface area contributed by atoms with Crippen molar-refractivity contribution in [1.82, 2.24) is 9.55 Å². The van der Waals surface area contributed by atoms with Gasteiger partial charge in [-0.15, -0.1) is 11.3 Å². The second-order valence-electron chi connectivity index (χ2n) is 3.18. The molecule has 2 rings (SSSR count). The summed E-state index contributed by atoms with van der Waals surface area (Å²) in [5.41, 5.74) is 1.08. The van der Waals surface area contributed by atoms with Crippen molar-refractivity contribution in [1.29, 1.82) is 0 Å². The fourth-order valence-electron chi connectivity index (χ4n) is 1.31. The Kier molecular flexibility index (Phi) is 3.03. The highest BCUT2D eigenvalue weighted by atomic mass is 79.9. The lowest BCUT2D eigenvalue weighted by Crippen LogP contribution is -1.93. The Labute approximate surface area is 95.7 Å². The van der Waals surface area contributed by atoms with Gasteiger partial charge in [-0.3, -0.25) is 0 Å². The molecule has 0 aliphatic heterocycles. The van der Waals surface area contributed by atoms with Crippen molar-refractivity contribution in [3.8, 4) is 0 Å². The number of imidazole rings is 1. The van der Waals surface area contributed by atoms with Crippen LogP contribution in [0, 0.1) is 6.92 Å². The SMILES string of the molecule is Cc1ccc(Cn2cnc(CBr)c2)s1. The molecule has 0 saturated carbocycles. The van der Waals surface area contributed by atoms with Gasteiger partial charge in [0.05, 0.1) is 18.6 Å². The molecule has 0 amide bonds. The second-order valence-corrected chi connectivity index (χ2v) is 5.12. The van der Waals surface area contributed by atoms with Crippen molar-refractivity contribution in [2.24, 2.45) is 0 Å². The van der Waals surface area contributed by atoms with Crippen LogP contribution in [0.2, 0.25) is 0 Å². The van der Waals surface area contributed by atoms with Gasteiger partial charge >= 0.3 is 0 Å². The Morgan fingerprint density at radius 1 is 1.50 bits per heavy atom. The van der Waals surface area contributed by atoms with E-state index in [2.05, 4.69) is 50.7 Å². The average molecular weight is 271 g/mol. The van der Waals surface area contributed by atoms with Gasteiger partial charge in [0.1, 0.15) is 0 Å². The third-order valence-corrected chi connectivity index (χ3v) is 3.52. The molecule has 0 spiro atoms. The van der Waals surface area contributed by atoms with E-state index in [4.69, 9.17) is 0 Å². The Bertz CT molecular complexity index is 419. The summed E-state index contributed by atoms with van der Waals surface area (Å²) in [6, 6.07) is 4.33. The molecular formula is C10H11BrN2S. The summed E-state index contributed by atoms with van der Waals surface area (Å²) in [6.45, 7) is 3.06. The van der Waals surface area contributed by atoms with E-state index in [-0.39, 0.29) is 0 Å². The molecule has 2 aromatic heterocycles. The van der Waals surface area contributed by atoms with Gasteiger partial charge in [-0.1, -0.05) is 15.9 Å². The maximum atomic E-state index is 4.26. The first kappa shape index (κ1) is 9.93. The number of nitrogens with zero attached hydrogens (tertiary/aromatic N) is 2. The third-order valence-electron chi connectivity index (χ3n) is 1.96. The van der Waals surface area contributed by atoms with Crippen LogP contribution in [0.5, 0.6) is 0 Å². The zero-order valence-electron chi connectivity index (χ0n) is 7.90. The predicted molar refractivity (Wildman–Crippen MR) is 63.0 cm³/mol. The molecule has 0 aliphatic rings.